The number of aromatic nitrogens is 5. The second-order valence-corrected chi connectivity index (χ2v) is 8.96. The number of hydrogen-bond acceptors (Lipinski definition) is 7. The predicted octanol–water partition coefficient (Wildman–Crippen LogP) is 3.68. The molecule has 0 saturated carbocycles. The summed E-state index contributed by atoms with van der Waals surface area (Å²) >= 11 is 0. The van der Waals surface area contributed by atoms with E-state index < -0.39 is 5.91 Å². The van der Waals surface area contributed by atoms with Gasteiger partial charge in [0.15, 0.2) is 5.82 Å². The van der Waals surface area contributed by atoms with Crippen molar-refractivity contribution in [3.63, 3.8) is 0 Å². The van der Waals surface area contributed by atoms with Crippen LogP contribution in [0.15, 0.2) is 67.3 Å². The number of carbonyl (C=O) groups is 2. The lowest BCUT2D eigenvalue weighted by Crippen LogP contribution is -2.39. The maximum absolute atomic E-state index is 13.8. The van der Waals surface area contributed by atoms with Gasteiger partial charge in [-0.05, 0) is 62.1 Å². The fourth-order valence-corrected chi connectivity index (χ4v) is 4.52. The van der Waals surface area contributed by atoms with Gasteiger partial charge in [0.25, 0.3) is 5.91 Å². The molecule has 1 fully saturated rings. The maximum Gasteiger partial charge on any atom is 0.254 e. The Morgan fingerprint density at radius 3 is 2.65 bits per heavy atom. The summed E-state index contributed by atoms with van der Waals surface area (Å²) in [5.74, 6) is 0.878. The summed E-state index contributed by atoms with van der Waals surface area (Å²) in [5, 5.41) is 4.18. The molecule has 37 heavy (non-hydrogen) atoms. The molecule has 3 heterocycles. The van der Waals surface area contributed by atoms with Gasteiger partial charge in [0.05, 0.1) is 12.6 Å². The zero-order valence-corrected chi connectivity index (χ0v) is 20.4. The molecule has 1 atom stereocenters. The third-order valence-electron chi connectivity index (χ3n) is 6.32. The number of hydrogen-bond donors (Lipinski definition) is 1. The number of amides is 2. The summed E-state index contributed by atoms with van der Waals surface area (Å²) in [6, 6.07) is 15.6. The molecule has 4 aromatic rings. The van der Waals surface area contributed by atoms with E-state index in [1.807, 2.05) is 36.1 Å². The Hall–Kier alpha value is -4.60. The van der Waals surface area contributed by atoms with Crippen LogP contribution in [-0.2, 0) is 6.54 Å². The predicted molar refractivity (Wildman–Crippen MR) is 135 cm³/mol. The molecular weight excluding hydrogens is 470 g/mol. The minimum atomic E-state index is -0.503. The van der Waals surface area contributed by atoms with Crippen molar-refractivity contribution in [2.75, 3.05) is 6.54 Å². The van der Waals surface area contributed by atoms with Crippen LogP contribution in [0.4, 0.5) is 0 Å². The molecular formula is C27H27N7O3. The van der Waals surface area contributed by atoms with E-state index in [0.717, 1.165) is 30.5 Å². The molecule has 1 aliphatic heterocycles. The van der Waals surface area contributed by atoms with E-state index in [-0.39, 0.29) is 11.9 Å². The van der Waals surface area contributed by atoms with E-state index in [9.17, 15) is 9.59 Å². The SMILES string of the molecule is Cc1cc(Oc2ccc(C(N)=O)cc2)nc([C@@H]2CCCCN2C(=O)c2ccccc2Cn2cncn2)n1. The van der Waals surface area contributed by atoms with E-state index in [2.05, 4.69) is 20.1 Å². The molecule has 1 aliphatic rings. The van der Waals surface area contributed by atoms with Crippen molar-refractivity contribution < 1.29 is 14.3 Å². The number of piperidine rings is 1. The van der Waals surface area contributed by atoms with E-state index in [4.69, 9.17) is 10.5 Å². The molecule has 5 rings (SSSR count). The smallest absolute Gasteiger partial charge is 0.254 e. The summed E-state index contributed by atoms with van der Waals surface area (Å²) in [7, 11) is 0. The Kier molecular flexibility index (Phi) is 6.89. The van der Waals surface area contributed by atoms with Crippen molar-refractivity contribution in [2.45, 2.75) is 38.8 Å². The molecule has 0 bridgehead atoms. The second-order valence-electron chi connectivity index (χ2n) is 8.96. The van der Waals surface area contributed by atoms with Crippen molar-refractivity contribution in [3.05, 3.63) is 95.5 Å². The monoisotopic (exact) mass is 497 g/mol. The second kappa shape index (κ2) is 10.6. The van der Waals surface area contributed by atoms with Crippen molar-refractivity contribution >= 4 is 11.8 Å². The summed E-state index contributed by atoms with van der Waals surface area (Å²) in [5.41, 5.74) is 7.95. The van der Waals surface area contributed by atoms with E-state index in [0.29, 0.717) is 41.7 Å². The number of likely N-dealkylation sites (tertiary alicyclic amines) is 1. The number of aryl methyl sites for hydroxylation is 1. The lowest BCUT2D eigenvalue weighted by atomic mass is 9.98. The van der Waals surface area contributed by atoms with Crippen LogP contribution in [0.3, 0.4) is 0 Å². The Labute approximate surface area is 214 Å². The van der Waals surface area contributed by atoms with Crippen molar-refractivity contribution in [2.24, 2.45) is 5.73 Å². The quantitative estimate of drug-likeness (QED) is 0.412. The normalized spacial score (nSPS) is 15.4. The lowest BCUT2D eigenvalue weighted by molar-refractivity contribution is 0.0597. The van der Waals surface area contributed by atoms with Crippen LogP contribution in [0.5, 0.6) is 11.6 Å². The van der Waals surface area contributed by atoms with E-state index >= 15 is 0 Å². The molecule has 188 valence electrons. The van der Waals surface area contributed by atoms with Gasteiger partial charge in [0.1, 0.15) is 18.4 Å². The van der Waals surface area contributed by atoms with Crippen molar-refractivity contribution in [1.82, 2.24) is 29.6 Å². The third kappa shape index (κ3) is 5.48. The first-order valence-electron chi connectivity index (χ1n) is 12.1. The van der Waals surface area contributed by atoms with Crippen LogP contribution in [0.1, 0.15) is 63.1 Å². The van der Waals surface area contributed by atoms with Crippen LogP contribution >= 0.6 is 0 Å². The molecule has 2 amide bonds. The van der Waals surface area contributed by atoms with Crippen molar-refractivity contribution in [1.29, 1.82) is 0 Å². The fourth-order valence-electron chi connectivity index (χ4n) is 4.52. The minimum Gasteiger partial charge on any atom is -0.439 e. The van der Waals surface area contributed by atoms with Gasteiger partial charge in [-0.1, -0.05) is 18.2 Å². The molecule has 2 aromatic carbocycles. The van der Waals surface area contributed by atoms with E-state index in [1.54, 1.807) is 41.3 Å². The largest absolute Gasteiger partial charge is 0.439 e. The summed E-state index contributed by atoms with van der Waals surface area (Å²) in [4.78, 5) is 40.4. The number of benzene rings is 2. The summed E-state index contributed by atoms with van der Waals surface area (Å²) in [6.45, 7) is 2.94. The zero-order valence-electron chi connectivity index (χ0n) is 20.4. The Morgan fingerprint density at radius 2 is 1.89 bits per heavy atom. The number of nitrogens with zero attached hydrogens (tertiary/aromatic N) is 6. The van der Waals surface area contributed by atoms with Gasteiger partial charge < -0.3 is 15.4 Å². The van der Waals surface area contributed by atoms with E-state index in [1.165, 1.54) is 6.33 Å². The Bertz CT molecular complexity index is 1400. The fraction of sp³-hybridized carbons (Fsp3) is 0.259. The van der Waals surface area contributed by atoms with Gasteiger partial charge in [-0.15, -0.1) is 0 Å². The van der Waals surface area contributed by atoms with Gasteiger partial charge in [-0.25, -0.2) is 14.6 Å². The number of primary amides is 1. The standard InChI is InChI=1S/C27H27N7O3/c1-18-14-24(37-21-11-9-19(10-12-21)25(28)35)32-26(31-18)23-8-4-5-13-34(23)27(36)22-7-3-2-6-20(22)15-33-17-29-16-30-33/h2-3,6-7,9-12,14,16-17,23H,4-5,8,13,15H2,1H3,(H2,28,35)/t23-/m0/s1. The van der Waals surface area contributed by atoms with Crippen LogP contribution < -0.4 is 10.5 Å². The number of nitrogens with two attached hydrogens (primary N) is 1. The highest BCUT2D eigenvalue weighted by Gasteiger charge is 2.32. The number of rotatable bonds is 7. The van der Waals surface area contributed by atoms with Crippen LogP contribution in [-0.4, -0.2) is 48.0 Å². The molecule has 2 N–H and O–H groups in total. The Balaban J connectivity index is 1.41. The first-order valence-corrected chi connectivity index (χ1v) is 12.1. The minimum absolute atomic E-state index is 0.0602. The average Bonchev–Trinajstić information content (AvgIpc) is 3.42. The lowest BCUT2D eigenvalue weighted by Gasteiger charge is -2.35. The number of ether oxygens (including phenoxy) is 1. The molecule has 2 aromatic heterocycles. The van der Waals surface area contributed by atoms with Crippen LogP contribution in [0.25, 0.3) is 0 Å². The first-order chi connectivity index (χ1) is 18.0. The van der Waals surface area contributed by atoms with Crippen molar-refractivity contribution in [3.8, 4) is 11.6 Å². The Morgan fingerprint density at radius 1 is 1.08 bits per heavy atom. The van der Waals surface area contributed by atoms with Gasteiger partial charge in [-0.3, -0.25) is 9.59 Å². The van der Waals surface area contributed by atoms with Gasteiger partial charge in [0, 0.05) is 29.4 Å². The number of carbonyl (C=O) groups excluding carboxylic acids is 2. The van der Waals surface area contributed by atoms with Gasteiger partial charge in [0.2, 0.25) is 11.8 Å². The van der Waals surface area contributed by atoms with Crippen LogP contribution in [0, 0.1) is 6.92 Å². The highest BCUT2D eigenvalue weighted by molar-refractivity contribution is 5.96. The summed E-state index contributed by atoms with van der Waals surface area (Å²) < 4.78 is 7.66. The third-order valence-corrected chi connectivity index (χ3v) is 6.32. The first kappa shape index (κ1) is 24.1. The molecule has 0 aliphatic carbocycles. The topological polar surface area (TPSA) is 129 Å². The molecule has 0 radical (unpaired) electrons. The molecule has 10 nitrogen and oxygen atoms in total. The van der Waals surface area contributed by atoms with Gasteiger partial charge >= 0.3 is 0 Å². The average molecular weight is 498 g/mol. The highest BCUT2D eigenvalue weighted by atomic mass is 16.5. The highest BCUT2D eigenvalue weighted by Crippen LogP contribution is 2.32. The summed E-state index contributed by atoms with van der Waals surface area (Å²) in [6.07, 6.45) is 5.75. The molecule has 1 saturated heterocycles. The molecule has 0 unspecified atom stereocenters. The molecule has 0 spiro atoms. The molecule has 10 heteroatoms. The van der Waals surface area contributed by atoms with Gasteiger partial charge in [-0.2, -0.15) is 10.1 Å². The zero-order chi connectivity index (χ0) is 25.8. The maximum atomic E-state index is 13.8. The van der Waals surface area contributed by atoms with Crippen LogP contribution in [0.2, 0.25) is 0 Å².